The quantitative estimate of drug-likeness (QED) is 0.884. The van der Waals surface area contributed by atoms with Crippen LogP contribution in [0.5, 0.6) is 0 Å². The van der Waals surface area contributed by atoms with Crippen LogP contribution in [-0.4, -0.2) is 29.6 Å². The first-order valence-corrected chi connectivity index (χ1v) is 7.32. The Balaban J connectivity index is 1.96. The Morgan fingerprint density at radius 2 is 1.95 bits per heavy atom. The van der Waals surface area contributed by atoms with Gasteiger partial charge in [0.05, 0.1) is 12.1 Å². The molecule has 1 aromatic carbocycles. The third-order valence-electron chi connectivity index (χ3n) is 4.36. The van der Waals surface area contributed by atoms with Crippen LogP contribution in [0.2, 0.25) is 0 Å². The van der Waals surface area contributed by atoms with Crippen molar-refractivity contribution in [1.82, 2.24) is 5.32 Å². The molecule has 3 unspecified atom stereocenters. The van der Waals surface area contributed by atoms with Gasteiger partial charge in [0.1, 0.15) is 0 Å². The zero-order chi connectivity index (χ0) is 14.2. The summed E-state index contributed by atoms with van der Waals surface area (Å²) in [6.45, 7) is 0.544. The van der Waals surface area contributed by atoms with Gasteiger partial charge in [0.2, 0.25) is 5.67 Å². The maximum atomic E-state index is 15.7. The highest BCUT2D eigenvalue weighted by molar-refractivity contribution is 5.93. The van der Waals surface area contributed by atoms with E-state index in [0.29, 0.717) is 18.5 Å². The van der Waals surface area contributed by atoms with E-state index in [1.165, 1.54) is 0 Å². The first kappa shape index (κ1) is 13.7. The minimum atomic E-state index is -2.02. The molecule has 3 rings (SSSR count). The van der Waals surface area contributed by atoms with Crippen LogP contribution in [0.1, 0.15) is 31.2 Å². The second kappa shape index (κ2) is 5.26. The number of carbonyl (C=O) groups is 1. The Morgan fingerprint density at radius 3 is 2.55 bits per heavy atom. The number of Topliss-reactive ketones (excluding diaryl/α,β-unsaturated/α-hetero) is 1. The summed E-state index contributed by atoms with van der Waals surface area (Å²) in [6, 6.07) is 8.02. The number of aliphatic hydroxyl groups excluding tert-OH is 1. The van der Waals surface area contributed by atoms with E-state index in [1.807, 2.05) is 6.07 Å². The lowest BCUT2D eigenvalue weighted by Gasteiger charge is -2.38. The predicted octanol–water partition coefficient (Wildman–Crippen LogP) is 1.94. The van der Waals surface area contributed by atoms with Crippen molar-refractivity contribution >= 4 is 5.78 Å². The standard InChI is InChI=1S/C16H20FNO2/c17-16(15(20)11-6-7-11,12-4-2-1-3-5-12)14-10-13(19)8-9-18-14/h1-5,11,13-14,18-19H,6-10H2. The van der Waals surface area contributed by atoms with E-state index in [1.54, 1.807) is 24.3 Å². The number of piperidine rings is 1. The van der Waals surface area contributed by atoms with E-state index in [-0.39, 0.29) is 18.1 Å². The third-order valence-corrected chi connectivity index (χ3v) is 4.36. The first-order chi connectivity index (χ1) is 9.62. The number of halogens is 1. The van der Waals surface area contributed by atoms with Crippen molar-refractivity contribution in [3.8, 4) is 0 Å². The Labute approximate surface area is 118 Å². The van der Waals surface area contributed by atoms with Crippen molar-refractivity contribution in [3.05, 3.63) is 35.9 Å². The fraction of sp³-hybridized carbons (Fsp3) is 0.562. The lowest BCUT2D eigenvalue weighted by Crippen LogP contribution is -2.55. The molecule has 20 heavy (non-hydrogen) atoms. The van der Waals surface area contributed by atoms with Gasteiger partial charge in [0, 0.05) is 5.92 Å². The molecule has 1 aliphatic heterocycles. The molecule has 1 saturated carbocycles. The number of nitrogens with one attached hydrogen (secondary N) is 1. The molecule has 1 saturated heterocycles. The lowest BCUT2D eigenvalue weighted by atomic mass is 9.78. The average Bonchev–Trinajstić information content (AvgIpc) is 3.31. The minimum Gasteiger partial charge on any atom is -0.393 e. The van der Waals surface area contributed by atoms with Crippen molar-refractivity contribution in [2.75, 3.05) is 6.54 Å². The summed E-state index contributed by atoms with van der Waals surface area (Å²) in [5, 5.41) is 12.9. The van der Waals surface area contributed by atoms with Crippen LogP contribution in [0.4, 0.5) is 4.39 Å². The summed E-state index contributed by atoms with van der Waals surface area (Å²) in [5.74, 6) is -0.476. The molecular weight excluding hydrogens is 257 g/mol. The molecule has 0 bridgehead atoms. The molecule has 1 heterocycles. The molecule has 1 aliphatic carbocycles. The van der Waals surface area contributed by atoms with E-state index in [2.05, 4.69) is 5.32 Å². The average molecular weight is 277 g/mol. The molecule has 108 valence electrons. The van der Waals surface area contributed by atoms with Gasteiger partial charge in [-0.05, 0) is 37.8 Å². The summed E-state index contributed by atoms with van der Waals surface area (Å²) in [4.78, 5) is 12.5. The Hall–Kier alpha value is -1.26. The van der Waals surface area contributed by atoms with E-state index >= 15 is 4.39 Å². The highest BCUT2D eigenvalue weighted by Gasteiger charge is 2.53. The molecule has 0 spiro atoms. The number of carbonyl (C=O) groups excluding carboxylic acids is 1. The SMILES string of the molecule is O=C(C1CC1)C(F)(c1ccccc1)C1CC(O)CCN1. The molecule has 3 atom stereocenters. The molecule has 3 nitrogen and oxygen atoms in total. The van der Waals surface area contributed by atoms with Gasteiger partial charge in [-0.1, -0.05) is 30.3 Å². The maximum absolute atomic E-state index is 15.7. The minimum absolute atomic E-state index is 0.152. The summed E-state index contributed by atoms with van der Waals surface area (Å²) >= 11 is 0. The Kier molecular flexibility index (Phi) is 3.61. The van der Waals surface area contributed by atoms with Crippen LogP contribution in [-0.2, 0) is 10.5 Å². The van der Waals surface area contributed by atoms with Gasteiger partial charge in [-0.25, -0.2) is 4.39 Å². The van der Waals surface area contributed by atoms with E-state index in [4.69, 9.17) is 0 Å². The van der Waals surface area contributed by atoms with Crippen molar-refractivity contribution in [3.63, 3.8) is 0 Å². The van der Waals surface area contributed by atoms with Crippen molar-refractivity contribution in [1.29, 1.82) is 0 Å². The van der Waals surface area contributed by atoms with E-state index in [9.17, 15) is 9.90 Å². The Morgan fingerprint density at radius 1 is 1.25 bits per heavy atom. The molecular formula is C16H20FNO2. The zero-order valence-electron chi connectivity index (χ0n) is 11.4. The van der Waals surface area contributed by atoms with Gasteiger partial charge >= 0.3 is 0 Å². The number of rotatable bonds is 4. The van der Waals surface area contributed by atoms with Crippen molar-refractivity contribution in [2.45, 2.75) is 43.5 Å². The third kappa shape index (κ3) is 2.38. The summed E-state index contributed by atoms with van der Waals surface area (Å²) < 4.78 is 15.7. The highest BCUT2D eigenvalue weighted by atomic mass is 19.1. The van der Waals surface area contributed by atoms with Gasteiger partial charge in [-0.2, -0.15) is 0 Å². The van der Waals surface area contributed by atoms with Crippen LogP contribution in [0, 0.1) is 5.92 Å². The largest absolute Gasteiger partial charge is 0.393 e. The normalized spacial score (nSPS) is 29.7. The van der Waals surface area contributed by atoms with Crippen molar-refractivity contribution in [2.24, 2.45) is 5.92 Å². The predicted molar refractivity (Wildman–Crippen MR) is 74.0 cm³/mol. The van der Waals surface area contributed by atoms with Crippen LogP contribution >= 0.6 is 0 Å². The van der Waals surface area contributed by atoms with Gasteiger partial charge in [-0.3, -0.25) is 4.79 Å². The zero-order valence-corrected chi connectivity index (χ0v) is 11.4. The van der Waals surface area contributed by atoms with Gasteiger partial charge < -0.3 is 10.4 Å². The highest BCUT2D eigenvalue weighted by Crippen LogP contribution is 2.43. The van der Waals surface area contributed by atoms with Crippen LogP contribution in [0.3, 0.4) is 0 Å². The fourth-order valence-corrected chi connectivity index (χ4v) is 3.04. The van der Waals surface area contributed by atoms with Gasteiger partial charge in [0.25, 0.3) is 0 Å². The number of hydrogen-bond donors (Lipinski definition) is 2. The van der Waals surface area contributed by atoms with Crippen LogP contribution in [0.15, 0.2) is 30.3 Å². The van der Waals surface area contributed by atoms with Crippen LogP contribution in [0.25, 0.3) is 0 Å². The maximum Gasteiger partial charge on any atom is 0.209 e. The summed E-state index contributed by atoms with van der Waals surface area (Å²) in [7, 11) is 0. The molecule has 0 radical (unpaired) electrons. The van der Waals surface area contributed by atoms with Crippen LogP contribution < -0.4 is 5.32 Å². The monoisotopic (exact) mass is 277 g/mol. The molecule has 2 aliphatic rings. The second-order valence-electron chi connectivity index (χ2n) is 5.90. The van der Waals surface area contributed by atoms with E-state index in [0.717, 1.165) is 12.8 Å². The topological polar surface area (TPSA) is 49.3 Å². The van der Waals surface area contributed by atoms with E-state index < -0.39 is 17.8 Å². The molecule has 1 aromatic rings. The smallest absolute Gasteiger partial charge is 0.209 e. The first-order valence-electron chi connectivity index (χ1n) is 7.32. The molecule has 4 heteroatoms. The Bertz CT molecular complexity index is 489. The fourth-order valence-electron chi connectivity index (χ4n) is 3.04. The number of aliphatic hydroxyl groups is 1. The lowest BCUT2D eigenvalue weighted by molar-refractivity contribution is -0.136. The number of alkyl halides is 1. The molecule has 2 N–H and O–H groups in total. The van der Waals surface area contributed by atoms with Crippen molar-refractivity contribution < 1.29 is 14.3 Å². The van der Waals surface area contributed by atoms with Gasteiger partial charge in [0.15, 0.2) is 5.78 Å². The van der Waals surface area contributed by atoms with Gasteiger partial charge in [-0.15, -0.1) is 0 Å². The summed E-state index contributed by atoms with van der Waals surface area (Å²) in [6.07, 6.45) is 1.93. The number of hydrogen-bond acceptors (Lipinski definition) is 3. The number of ketones is 1. The summed E-state index contributed by atoms with van der Waals surface area (Å²) in [5.41, 5.74) is -1.62. The molecule has 0 aromatic heterocycles. The molecule has 2 fully saturated rings. The number of benzene rings is 1. The second-order valence-corrected chi connectivity index (χ2v) is 5.90. The molecule has 0 amide bonds.